The van der Waals surface area contributed by atoms with Crippen LogP contribution < -0.4 is 9.80 Å². The number of hydrogen-bond donors (Lipinski definition) is 0. The molecule has 0 aromatic carbocycles. The van der Waals surface area contributed by atoms with Crippen molar-refractivity contribution >= 4 is 17.9 Å². The summed E-state index contributed by atoms with van der Waals surface area (Å²) in [7, 11) is 0. The number of rotatable bonds is 6. The zero-order chi connectivity index (χ0) is 18.4. The Morgan fingerprint density at radius 2 is 1.88 bits per heavy atom. The van der Waals surface area contributed by atoms with E-state index in [-0.39, 0.29) is 6.03 Å². The molecule has 9 nitrogen and oxygen atoms in total. The van der Waals surface area contributed by atoms with Gasteiger partial charge in [-0.15, -0.1) is 13.2 Å². The summed E-state index contributed by atoms with van der Waals surface area (Å²) in [5.41, 5.74) is 0. The standard InChI is InChI=1S/C17H22N8O/c1-3-6-22(7-4-2)15-19-13-20-16(21-15)23-9-11-24(12-10-23)17(26)25-8-5-18-14-25/h3-5,8,13-14H,1-2,6-7,9-12H2. The molecule has 1 aliphatic rings. The lowest BCUT2D eigenvalue weighted by Gasteiger charge is -2.34. The van der Waals surface area contributed by atoms with Gasteiger partial charge in [0.1, 0.15) is 12.7 Å². The van der Waals surface area contributed by atoms with Gasteiger partial charge in [-0.2, -0.15) is 4.98 Å². The molecule has 9 heteroatoms. The van der Waals surface area contributed by atoms with Crippen molar-refractivity contribution in [3.63, 3.8) is 0 Å². The SMILES string of the molecule is C=CCN(CC=C)c1ncnc(N2CCN(C(=O)n3ccnc3)CC2)n1. The summed E-state index contributed by atoms with van der Waals surface area (Å²) < 4.78 is 1.49. The number of hydrogen-bond acceptors (Lipinski definition) is 7. The van der Waals surface area contributed by atoms with Crippen LogP contribution in [0.15, 0.2) is 50.4 Å². The Morgan fingerprint density at radius 1 is 1.15 bits per heavy atom. The normalized spacial score (nSPS) is 14.2. The minimum atomic E-state index is -0.0679. The molecule has 3 heterocycles. The lowest BCUT2D eigenvalue weighted by Crippen LogP contribution is -2.50. The van der Waals surface area contributed by atoms with E-state index in [1.807, 2.05) is 4.90 Å². The molecule has 0 atom stereocenters. The van der Waals surface area contributed by atoms with Gasteiger partial charge in [-0.1, -0.05) is 12.2 Å². The van der Waals surface area contributed by atoms with Crippen molar-refractivity contribution < 1.29 is 4.79 Å². The number of amides is 1. The Hall–Kier alpha value is -3.23. The van der Waals surface area contributed by atoms with Crippen molar-refractivity contribution in [3.05, 3.63) is 50.4 Å². The summed E-state index contributed by atoms with van der Waals surface area (Å²) in [4.78, 5) is 35.2. The molecule has 1 fully saturated rings. The van der Waals surface area contributed by atoms with Gasteiger partial charge in [0.15, 0.2) is 0 Å². The Balaban J connectivity index is 1.65. The molecule has 0 radical (unpaired) electrons. The first kappa shape index (κ1) is 17.6. The van der Waals surface area contributed by atoms with Gasteiger partial charge in [-0.05, 0) is 0 Å². The molecule has 1 amide bonds. The smallest absolute Gasteiger partial charge is 0.329 e. The fourth-order valence-corrected chi connectivity index (χ4v) is 2.77. The molecule has 1 aliphatic heterocycles. The monoisotopic (exact) mass is 354 g/mol. The van der Waals surface area contributed by atoms with Gasteiger partial charge in [-0.25, -0.2) is 19.7 Å². The van der Waals surface area contributed by atoms with Crippen LogP contribution in [0.25, 0.3) is 0 Å². The molecule has 136 valence electrons. The number of anilines is 2. The van der Waals surface area contributed by atoms with E-state index in [0.29, 0.717) is 51.2 Å². The van der Waals surface area contributed by atoms with E-state index in [1.165, 1.54) is 17.2 Å². The van der Waals surface area contributed by atoms with E-state index in [9.17, 15) is 4.79 Å². The minimum absolute atomic E-state index is 0.0679. The first-order chi connectivity index (χ1) is 12.7. The van der Waals surface area contributed by atoms with E-state index in [1.54, 1.807) is 29.4 Å². The summed E-state index contributed by atoms with van der Waals surface area (Å²) in [5, 5.41) is 0. The Morgan fingerprint density at radius 3 is 2.50 bits per heavy atom. The van der Waals surface area contributed by atoms with Crippen molar-refractivity contribution in [1.82, 2.24) is 29.4 Å². The summed E-state index contributed by atoms with van der Waals surface area (Å²) in [5.74, 6) is 1.20. The van der Waals surface area contributed by atoms with Gasteiger partial charge in [0.25, 0.3) is 0 Å². The van der Waals surface area contributed by atoms with Crippen molar-refractivity contribution in [1.29, 1.82) is 0 Å². The second-order valence-corrected chi connectivity index (χ2v) is 5.79. The molecule has 1 saturated heterocycles. The molecule has 0 aliphatic carbocycles. The van der Waals surface area contributed by atoms with Gasteiger partial charge in [0, 0.05) is 51.7 Å². The summed E-state index contributed by atoms with van der Waals surface area (Å²) in [6.45, 7) is 11.3. The van der Waals surface area contributed by atoms with Gasteiger partial charge < -0.3 is 14.7 Å². The highest BCUT2D eigenvalue weighted by Gasteiger charge is 2.24. The maximum atomic E-state index is 12.4. The molecule has 2 aromatic rings. The molecule has 0 unspecified atom stereocenters. The highest BCUT2D eigenvalue weighted by molar-refractivity contribution is 5.76. The predicted octanol–water partition coefficient (Wildman–Crippen LogP) is 1.04. The number of piperazine rings is 1. The average molecular weight is 354 g/mol. The lowest BCUT2D eigenvalue weighted by molar-refractivity contribution is 0.195. The van der Waals surface area contributed by atoms with Gasteiger partial charge in [-0.3, -0.25) is 4.57 Å². The summed E-state index contributed by atoms with van der Waals surface area (Å²) >= 11 is 0. The molecule has 0 bridgehead atoms. The van der Waals surface area contributed by atoms with Crippen molar-refractivity contribution in [2.45, 2.75) is 0 Å². The van der Waals surface area contributed by atoms with Crippen LogP contribution >= 0.6 is 0 Å². The van der Waals surface area contributed by atoms with Crippen molar-refractivity contribution in [2.24, 2.45) is 0 Å². The Bertz CT molecular complexity index is 742. The quantitative estimate of drug-likeness (QED) is 0.717. The largest absolute Gasteiger partial charge is 0.337 e. The highest BCUT2D eigenvalue weighted by atomic mass is 16.2. The van der Waals surface area contributed by atoms with Gasteiger partial charge in [0.05, 0.1) is 0 Å². The van der Waals surface area contributed by atoms with Crippen LogP contribution in [0.4, 0.5) is 16.7 Å². The lowest BCUT2D eigenvalue weighted by atomic mass is 10.3. The minimum Gasteiger partial charge on any atom is -0.337 e. The van der Waals surface area contributed by atoms with Gasteiger partial charge in [0.2, 0.25) is 11.9 Å². The van der Waals surface area contributed by atoms with Crippen molar-refractivity contribution in [3.8, 4) is 0 Å². The van der Waals surface area contributed by atoms with Crippen LogP contribution in [0.3, 0.4) is 0 Å². The molecular weight excluding hydrogens is 332 g/mol. The zero-order valence-electron chi connectivity index (χ0n) is 14.6. The number of nitrogens with zero attached hydrogens (tertiary/aromatic N) is 8. The molecular formula is C17H22N8O. The maximum Gasteiger partial charge on any atom is 0.329 e. The fraction of sp³-hybridized carbons (Fsp3) is 0.353. The zero-order valence-corrected chi connectivity index (χ0v) is 14.6. The number of aromatic nitrogens is 5. The van der Waals surface area contributed by atoms with Crippen LogP contribution in [-0.2, 0) is 0 Å². The van der Waals surface area contributed by atoms with Gasteiger partial charge >= 0.3 is 6.03 Å². The predicted molar refractivity (Wildman–Crippen MR) is 99.2 cm³/mol. The third-order valence-electron chi connectivity index (χ3n) is 4.09. The topological polar surface area (TPSA) is 83.3 Å². The third kappa shape index (κ3) is 3.88. The Kier molecular flexibility index (Phi) is 5.57. The van der Waals surface area contributed by atoms with Crippen molar-refractivity contribution in [2.75, 3.05) is 49.1 Å². The fourth-order valence-electron chi connectivity index (χ4n) is 2.77. The van der Waals surface area contributed by atoms with E-state index in [0.717, 1.165) is 0 Å². The van der Waals surface area contributed by atoms with Crippen LogP contribution in [0.1, 0.15) is 0 Å². The highest BCUT2D eigenvalue weighted by Crippen LogP contribution is 2.15. The number of carbonyl (C=O) groups excluding carboxylic acids is 1. The third-order valence-corrected chi connectivity index (χ3v) is 4.09. The second-order valence-electron chi connectivity index (χ2n) is 5.79. The van der Waals surface area contributed by atoms with E-state index >= 15 is 0 Å². The molecule has 2 aromatic heterocycles. The second kappa shape index (κ2) is 8.24. The molecule has 0 spiro atoms. The first-order valence-electron chi connectivity index (χ1n) is 8.41. The van der Waals surface area contributed by atoms with Crippen LogP contribution in [0.2, 0.25) is 0 Å². The van der Waals surface area contributed by atoms with Crippen LogP contribution in [0, 0.1) is 0 Å². The molecule has 3 rings (SSSR count). The summed E-state index contributed by atoms with van der Waals surface area (Å²) in [6, 6.07) is -0.0679. The Labute approximate surface area is 152 Å². The maximum absolute atomic E-state index is 12.4. The molecule has 0 saturated carbocycles. The summed E-state index contributed by atoms with van der Waals surface area (Å²) in [6.07, 6.45) is 9.88. The van der Waals surface area contributed by atoms with Crippen LogP contribution in [0.5, 0.6) is 0 Å². The number of imidazole rings is 1. The van der Waals surface area contributed by atoms with Crippen LogP contribution in [-0.4, -0.2) is 74.7 Å². The van der Waals surface area contributed by atoms with E-state index in [2.05, 4.69) is 38.0 Å². The van der Waals surface area contributed by atoms with E-state index < -0.39 is 0 Å². The van der Waals surface area contributed by atoms with E-state index in [4.69, 9.17) is 0 Å². The first-order valence-corrected chi connectivity index (χ1v) is 8.41. The molecule has 0 N–H and O–H groups in total. The number of carbonyl (C=O) groups is 1. The molecule has 26 heavy (non-hydrogen) atoms. The average Bonchev–Trinajstić information content (AvgIpc) is 3.22.